The molecule has 2 amide bonds. The van der Waals surface area contributed by atoms with Crippen molar-refractivity contribution >= 4 is 23.6 Å². The van der Waals surface area contributed by atoms with Crippen molar-refractivity contribution in [2.75, 3.05) is 25.0 Å². The van der Waals surface area contributed by atoms with E-state index in [1.165, 1.54) is 9.80 Å². The molecule has 1 aliphatic carbocycles. The molecule has 1 saturated carbocycles. The maximum absolute atomic E-state index is 12.2. The highest BCUT2D eigenvalue weighted by Gasteiger charge is 2.39. The van der Waals surface area contributed by atoms with Gasteiger partial charge < -0.3 is 9.80 Å². The minimum atomic E-state index is -0.503. The van der Waals surface area contributed by atoms with E-state index in [0.717, 1.165) is 24.8 Å². The number of nitrogens with zero attached hydrogens (tertiary/aromatic N) is 3. The van der Waals surface area contributed by atoms with Crippen molar-refractivity contribution in [3.05, 3.63) is 29.8 Å². The van der Waals surface area contributed by atoms with E-state index >= 15 is 0 Å². The van der Waals surface area contributed by atoms with Crippen LogP contribution in [0.25, 0.3) is 0 Å². The van der Waals surface area contributed by atoms with Crippen LogP contribution in [0, 0.1) is 0 Å². The molecule has 3 rings (SSSR count). The van der Waals surface area contributed by atoms with Gasteiger partial charge in [0, 0.05) is 12.7 Å². The van der Waals surface area contributed by atoms with E-state index in [-0.39, 0.29) is 24.9 Å². The van der Waals surface area contributed by atoms with Gasteiger partial charge in [0.15, 0.2) is 0 Å². The first kappa shape index (κ1) is 14.5. The molecular formula is C16H17N3O3. The van der Waals surface area contributed by atoms with Crippen molar-refractivity contribution in [3.8, 4) is 0 Å². The van der Waals surface area contributed by atoms with Gasteiger partial charge in [0.25, 0.3) is 0 Å². The van der Waals surface area contributed by atoms with E-state index < -0.39 is 5.54 Å². The van der Waals surface area contributed by atoms with Crippen LogP contribution in [0.1, 0.15) is 24.8 Å². The fraction of sp³-hybridized carbons (Fsp3) is 0.438. The van der Waals surface area contributed by atoms with Gasteiger partial charge in [-0.25, -0.2) is 4.79 Å². The minimum absolute atomic E-state index is 0.0444. The number of isocyanates is 1. The molecule has 6 heteroatoms. The summed E-state index contributed by atoms with van der Waals surface area (Å²) in [6.07, 6.45) is 4.29. The molecule has 0 bridgehead atoms. The summed E-state index contributed by atoms with van der Waals surface area (Å²) < 4.78 is 0. The largest absolute Gasteiger partial charge is 0.335 e. The summed E-state index contributed by atoms with van der Waals surface area (Å²) in [5.74, 6) is -0.199. The zero-order chi connectivity index (χ0) is 15.7. The third-order valence-corrected chi connectivity index (χ3v) is 4.53. The van der Waals surface area contributed by atoms with Crippen molar-refractivity contribution in [1.82, 2.24) is 4.90 Å². The predicted octanol–water partition coefficient (Wildman–Crippen LogP) is 1.21. The highest BCUT2D eigenvalue weighted by Crippen LogP contribution is 2.45. The lowest BCUT2D eigenvalue weighted by Crippen LogP contribution is -2.52. The summed E-state index contributed by atoms with van der Waals surface area (Å²) in [4.78, 5) is 41.6. The summed E-state index contributed by atoms with van der Waals surface area (Å²) >= 11 is 0. The van der Waals surface area contributed by atoms with Crippen LogP contribution in [0.2, 0.25) is 0 Å². The number of aliphatic imine (C=N–C) groups is 1. The number of hydrogen-bond acceptors (Lipinski definition) is 4. The fourth-order valence-corrected chi connectivity index (χ4v) is 2.98. The predicted molar refractivity (Wildman–Crippen MR) is 80.1 cm³/mol. The molecule has 1 saturated heterocycles. The van der Waals surface area contributed by atoms with Gasteiger partial charge in [0.05, 0.1) is 12.1 Å². The maximum atomic E-state index is 12.2. The standard InChI is InChI=1S/C16H17N3O3/c1-18-9-15(22)19(10-14(18)21)13-5-2-4-12(8-13)16(17-11-20)6-3-7-16/h2,4-5,8H,3,6-7,9-10H2,1H3. The Morgan fingerprint density at radius 2 is 1.95 bits per heavy atom. The number of carbonyl (C=O) groups is 2. The van der Waals surface area contributed by atoms with Gasteiger partial charge in [-0.05, 0) is 37.0 Å². The number of hydrogen-bond donors (Lipinski definition) is 0. The molecule has 0 unspecified atom stereocenters. The Balaban J connectivity index is 1.93. The van der Waals surface area contributed by atoms with E-state index in [1.54, 1.807) is 19.2 Å². The second-order valence-corrected chi connectivity index (χ2v) is 5.87. The lowest BCUT2D eigenvalue weighted by molar-refractivity contribution is -0.136. The Labute approximate surface area is 128 Å². The van der Waals surface area contributed by atoms with Crippen molar-refractivity contribution in [1.29, 1.82) is 0 Å². The van der Waals surface area contributed by atoms with Gasteiger partial charge in [0.1, 0.15) is 6.54 Å². The van der Waals surface area contributed by atoms with Gasteiger partial charge in [-0.15, -0.1) is 0 Å². The highest BCUT2D eigenvalue weighted by atomic mass is 16.2. The van der Waals surface area contributed by atoms with E-state index in [4.69, 9.17) is 0 Å². The molecule has 22 heavy (non-hydrogen) atoms. The van der Waals surface area contributed by atoms with E-state index in [2.05, 4.69) is 4.99 Å². The summed E-state index contributed by atoms with van der Waals surface area (Å²) in [6, 6.07) is 7.40. The SMILES string of the molecule is CN1CC(=O)N(c2cccc(C3(N=C=O)CCC3)c2)CC1=O. The van der Waals surface area contributed by atoms with Gasteiger partial charge >= 0.3 is 0 Å². The molecule has 1 aromatic rings. The molecule has 1 aliphatic heterocycles. The molecule has 1 aromatic carbocycles. The Bertz CT molecular complexity index is 675. The van der Waals surface area contributed by atoms with Gasteiger partial charge in [-0.1, -0.05) is 12.1 Å². The van der Waals surface area contributed by atoms with Crippen LogP contribution in [0.5, 0.6) is 0 Å². The number of anilines is 1. The van der Waals surface area contributed by atoms with Crippen LogP contribution >= 0.6 is 0 Å². The van der Waals surface area contributed by atoms with Crippen LogP contribution in [0.3, 0.4) is 0 Å². The molecule has 0 aromatic heterocycles. The van der Waals surface area contributed by atoms with E-state index in [1.807, 2.05) is 18.2 Å². The third-order valence-electron chi connectivity index (χ3n) is 4.53. The zero-order valence-electron chi connectivity index (χ0n) is 12.4. The Hall–Kier alpha value is -2.46. The van der Waals surface area contributed by atoms with Gasteiger partial charge in [0.2, 0.25) is 17.9 Å². The minimum Gasteiger partial charge on any atom is -0.335 e. The number of benzene rings is 1. The van der Waals surface area contributed by atoms with Crippen LogP contribution in [-0.2, 0) is 19.9 Å². The van der Waals surface area contributed by atoms with Crippen molar-refractivity contribution < 1.29 is 14.4 Å². The zero-order valence-corrected chi connectivity index (χ0v) is 12.4. The van der Waals surface area contributed by atoms with Crippen LogP contribution < -0.4 is 4.90 Å². The summed E-state index contributed by atoms with van der Waals surface area (Å²) in [5, 5.41) is 0. The summed E-state index contributed by atoms with van der Waals surface area (Å²) in [5.41, 5.74) is 1.08. The summed E-state index contributed by atoms with van der Waals surface area (Å²) in [7, 11) is 1.62. The summed E-state index contributed by atoms with van der Waals surface area (Å²) in [6.45, 7) is 0.128. The van der Waals surface area contributed by atoms with Crippen LogP contribution in [0.15, 0.2) is 29.3 Å². The van der Waals surface area contributed by atoms with E-state index in [0.29, 0.717) is 5.69 Å². The second kappa shape index (κ2) is 5.39. The fourth-order valence-electron chi connectivity index (χ4n) is 2.98. The molecular weight excluding hydrogens is 282 g/mol. The quantitative estimate of drug-likeness (QED) is 0.622. The average molecular weight is 299 g/mol. The number of rotatable bonds is 3. The topological polar surface area (TPSA) is 70.1 Å². The van der Waals surface area contributed by atoms with Crippen molar-refractivity contribution in [2.24, 2.45) is 4.99 Å². The average Bonchev–Trinajstić information content (AvgIpc) is 2.47. The highest BCUT2D eigenvalue weighted by molar-refractivity contribution is 6.04. The lowest BCUT2D eigenvalue weighted by atomic mass is 9.72. The Morgan fingerprint density at radius 3 is 2.59 bits per heavy atom. The monoisotopic (exact) mass is 299 g/mol. The van der Waals surface area contributed by atoms with Crippen LogP contribution in [-0.4, -0.2) is 42.9 Å². The molecule has 114 valence electrons. The first-order valence-electron chi connectivity index (χ1n) is 7.30. The van der Waals surface area contributed by atoms with Crippen molar-refractivity contribution in [3.63, 3.8) is 0 Å². The maximum Gasteiger partial charge on any atom is 0.247 e. The Morgan fingerprint density at radius 1 is 1.18 bits per heavy atom. The number of amides is 2. The molecule has 1 heterocycles. The van der Waals surface area contributed by atoms with Gasteiger partial charge in [-0.2, -0.15) is 4.99 Å². The Kier molecular flexibility index (Phi) is 3.54. The normalized spacial score (nSPS) is 20.4. The van der Waals surface area contributed by atoms with Crippen LogP contribution in [0.4, 0.5) is 5.69 Å². The van der Waals surface area contributed by atoms with E-state index in [9.17, 15) is 14.4 Å². The third kappa shape index (κ3) is 2.31. The molecule has 6 nitrogen and oxygen atoms in total. The van der Waals surface area contributed by atoms with Gasteiger partial charge in [-0.3, -0.25) is 9.59 Å². The molecule has 0 spiro atoms. The first-order chi connectivity index (χ1) is 10.6. The molecule has 0 atom stereocenters. The lowest BCUT2D eigenvalue weighted by Gasteiger charge is -2.38. The molecule has 2 fully saturated rings. The molecule has 0 N–H and O–H groups in total. The first-order valence-corrected chi connectivity index (χ1v) is 7.30. The molecule has 0 radical (unpaired) electrons. The number of likely N-dealkylation sites (N-methyl/N-ethyl adjacent to an activating group) is 1. The number of carbonyl (C=O) groups excluding carboxylic acids is 3. The second-order valence-electron chi connectivity index (χ2n) is 5.87. The smallest absolute Gasteiger partial charge is 0.247 e. The molecule has 2 aliphatic rings. The van der Waals surface area contributed by atoms with Crippen molar-refractivity contribution in [2.45, 2.75) is 24.8 Å². The number of piperazine rings is 1.